The van der Waals surface area contributed by atoms with Gasteiger partial charge < -0.3 is 10.2 Å². The monoisotopic (exact) mass is 330 g/mol. The molecule has 120 valence electrons. The summed E-state index contributed by atoms with van der Waals surface area (Å²) in [7, 11) is 0. The van der Waals surface area contributed by atoms with Crippen molar-refractivity contribution in [2.45, 2.75) is 13.8 Å². The van der Waals surface area contributed by atoms with Gasteiger partial charge >= 0.3 is 6.03 Å². The number of carbonyl (C=O) groups is 2. The minimum absolute atomic E-state index is 0.141. The number of carbonyl (C=O) groups excluding carboxylic acids is 2. The summed E-state index contributed by atoms with van der Waals surface area (Å²) < 4.78 is 0. The lowest BCUT2D eigenvalue weighted by Gasteiger charge is -2.19. The fourth-order valence-corrected chi connectivity index (χ4v) is 2.50. The van der Waals surface area contributed by atoms with Gasteiger partial charge in [0.25, 0.3) is 0 Å². The average molecular weight is 331 g/mol. The van der Waals surface area contributed by atoms with Crippen LogP contribution in [0.25, 0.3) is 0 Å². The number of rotatable bonds is 5. The molecule has 0 aliphatic rings. The number of benzene rings is 2. The molecule has 0 aliphatic heterocycles. The van der Waals surface area contributed by atoms with E-state index in [9.17, 15) is 9.59 Å². The first-order valence-electron chi connectivity index (χ1n) is 7.52. The molecule has 0 aliphatic carbocycles. The van der Waals surface area contributed by atoms with E-state index < -0.39 is 0 Å². The van der Waals surface area contributed by atoms with Crippen molar-refractivity contribution < 1.29 is 9.59 Å². The zero-order valence-electron chi connectivity index (χ0n) is 13.2. The molecule has 0 saturated carbocycles. The summed E-state index contributed by atoms with van der Waals surface area (Å²) in [6.07, 6.45) is 0. The van der Waals surface area contributed by atoms with Crippen LogP contribution >= 0.6 is 11.6 Å². The molecule has 2 aromatic carbocycles. The van der Waals surface area contributed by atoms with Gasteiger partial charge in [-0.25, -0.2) is 4.79 Å². The van der Waals surface area contributed by atoms with Gasteiger partial charge in [-0.15, -0.1) is 0 Å². The zero-order valence-corrected chi connectivity index (χ0v) is 13.9. The van der Waals surface area contributed by atoms with Crippen molar-refractivity contribution >= 4 is 29.1 Å². The van der Waals surface area contributed by atoms with Crippen LogP contribution < -0.4 is 5.32 Å². The Balaban J connectivity index is 2.18. The summed E-state index contributed by atoms with van der Waals surface area (Å²) in [5.74, 6) is -0.141. The first-order valence-corrected chi connectivity index (χ1v) is 7.89. The molecule has 0 spiro atoms. The Morgan fingerprint density at radius 2 is 1.70 bits per heavy atom. The smallest absolute Gasteiger partial charge is 0.321 e. The maximum atomic E-state index is 12.4. The first kappa shape index (κ1) is 17.0. The van der Waals surface area contributed by atoms with Crippen LogP contribution in [0.4, 0.5) is 10.5 Å². The van der Waals surface area contributed by atoms with Crippen molar-refractivity contribution in [1.29, 1.82) is 0 Å². The summed E-state index contributed by atoms with van der Waals surface area (Å²) in [6, 6.07) is 13.7. The van der Waals surface area contributed by atoms with Crippen molar-refractivity contribution in [2.75, 3.05) is 18.4 Å². The molecule has 0 heterocycles. The first-order chi connectivity index (χ1) is 11.1. The van der Waals surface area contributed by atoms with Crippen molar-refractivity contribution in [3.63, 3.8) is 0 Å². The molecule has 0 aromatic heterocycles. The molecule has 1 N–H and O–H groups in total. The van der Waals surface area contributed by atoms with Crippen molar-refractivity contribution in [3.8, 4) is 0 Å². The third kappa shape index (κ3) is 4.11. The third-order valence-electron chi connectivity index (χ3n) is 3.55. The average Bonchev–Trinajstić information content (AvgIpc) is 2.56. The van der Waals surface area contributed by atoms with E-state index in [-0.39, 0.29) is 11.8 Å². The predicted octanol–water partition coefficient (Wildman–Crippen LogP) is 4.44. The molecule has 0 atom stereocenters. The maximum absolute atomic E-state index is 12.4. The number of ketones is 1. The van der Waals surface area contributed by atoms with Gasteiger partial charge in [-0.1, -0.05) is 41.9 Å². The number of amides is 2. The Labute approximate surface area is 141 Å². The van der Waals surface area contributed by atoms with Gasteiger partial charge in [0.15, 0.2) is 5.78 Å². The molecule has 0 saturated heterocycles. The van der Waals surface area contributed by atoms with Crippen molar-refractivity contribution in [2.24, 2.45) is 0 Å². The van der Waals surface area contributed by atoms with Crippen LogP contribution in [-0.2, 0) is 0 Å². The SMILES string of the molecule is CCN(CC)C(=O)Nc1ccc(C(=O)c2ccccc2)c(Cl)c1. The van der Waals surface area contributed by atoms with Crippen molar-refractivity contribution in [1.82, 2.24) is 4.90 Å². The van der Waals surface area contributed by atoms with Crippen LogP contribution in [0.15, 0.2) is 48.5 Å². The van der Waals surface area contributed by atoms with E-state index in [2.05, 4.69) is 5.32 Å². The van der Waals surface area contributed by atoms with Crippen LogP contribution in [0.5, 0.6) is 0 Å². The van der Waals surface area contributed by atoms with Gasteiger partial charge in [0.2, 0.25) is 0 Å². The highest BCUT2D eigenvalue weighted by Crippen LogP contribution is 2.23. The second kappa shape index (κ2) is 7.79. The van der Waals surface area contributed by atoms with E-state index in [1.165, 1.54) is 0 Å². The second-order valence-corrected chi connectivity index (χ2v) is 5.40. The second-order valence-electron chi connectivity index (χ2n) is 4.99. The molecule has 2 amide bonds. The van der Waals surface area contributed by atoms with Crippen LogP contribution in [-0.4, -0.2) is 29.8 Å². The fraction of sp³-hybridized carbons (Fsp3) is 0.222. The van der Waals surface area contributed by atoms with Crippen LogP contribution in [0, 0.1) is 0 Å². The van der Waals surface area contributed by atoms with E-state index >= 15 is 0 Å². The number of nitrogens with one attached hydrogen (secondary N) is 1. The molecule has 2 aromatic rings. The van der Waals surface area contributed by atoms with E-state index in [0.717, 1.165) is 0 Å². The summed E-state index contributed by atoms with van der Waals surface area (Å²) in [6.45, 7) is 5.08. The quantitative estimate of drug-likeness (QED) is 0.824. The molecular weight excluding hydrogens is 312 g/mol. The van der Waals surface area contributed by atoms with Gasteiger partial charge in [-0.2, -0.15) is 0 Å². The normalized spacial score (nSPS) is 10.2. The number of anilines is 1. The summed E-state index contributed by atoms with van der Waals surface area (Å²) in [5.41, 5.74) is 1.56. The predicted molar refractivity (Wildman–Crippen MR) is 93.3 cm³/mol. The highest BCUT2D eigenvalue weighted by atomic mass is 35.5. The molecule has 2 rings (SSSR count). The third-order valence-corrected chi connectivity index (χ3v) is 3.86. The Morgan fingerprint density at radius 1 is 1.04 bits per heavy atom. The van der Waals surface area contributed by atoms with Gasteiger partial charge in [-0.05, 0) is 32.0 Å². The van der Waals surface area contributed by atoms with E-state index in [1.54, 1.807) is 47.4 Å². The highest BCUT2D eigenvalue weighted by Gasteiger charge is 2.14. The number of halogens is 1. The lowest BCUT2D eigenvalue weighted by molar-refractivity contribution is 0.103. The lowest BCUT2D eigenvalue weighted by atomic mass is 10.0. The topological polar surface area (TPSA) is 49.4 Å². The minimum atomic E-state index is -0.187. The van der Waals surface area contributed by atoms with Gasteiger partial charge in [0.05, 0.1) is 5.02 Å². The molecular formula is C18H19ClN2O2. The van der Waals surface area contributed by atoms with Crippen LogP contribution in [0.2, 0.25) is 5.02 Å². The molecule has 0 bridgehead atoms. The Kier molecular flexibility index (Phi) is 5.77. The summed E-state index contributed by atoms with van der Waals surface area (Å²) >= 11 is 6.22. The molecule has 4 nitrogen and oxygen atoms in total. The minimum Gasteiger partial charge on any atom is -0.325 e. The lowest BCUT2D eigenvalue weighted by Crippen LogP contribution is -2.34. The molecule has 0 fully saturated rings. The highest BCUT2D eigenvalue weighted by molar-refractivity contribution is 6.35. The number of hydrogen-bond donors (Lipinski definition) is 1. The van der Waals surface area contributed by atoms with E-state index in [0.29, 0.717) is 34.9 Å². The van der Waals surface area contributed by atoms with Gasteiger partial charge in [0.1, 0.15) is 0 Å². The maximum Gasteiger partial charge on any atom is 0.321 e. The Bertz CT molecular complexity index is 697. The fourth-order valence-electron chi connectivity index (χ4n) is 2.24. The Morgan fingerprint density at radius 3 is 2.26 bits per heavy atom. The zero-order chi connectivity index (χ0) is 16.8. The number of urea groups is 1. The summed E-state index contributed by atoms with van der Waals surface area (Å²) in [4.78, 5) is 26.1. The summed E-state index contributed by atoms with van der Waals surface area (Å²) in [5, 5.41) is 3.10. The van der Waals surface area contributed by atoms with Gasteiger partial charge in [-0.3, -0.25) is 4.79 Å². The van der Waals surface area contributed by atoms with E-state index in [1.807, 2.05) is 19.9 Å². The van der Waals surface area contributed by atoms with E-state index in [4.69, 9.17) is 11.6 Å². The standard InChI is InChI=1S/C18H19ClN2O2/c1-3-21(4-2)18(23)20-14-10-11-15(16(19)12-14)17(22)13-8-6-5-7-9-13/h5-12H,3-4H2,1-2H3,(H,20,23). The van der Waals surface area contributed by atoms with Crippen LogP contribution in [0.1, 0.15) is 29.8 Å². The number of nitrogens with zero attached hydrogens (tertiary/aromatic N) is 1. The molecule has 0 radical (unpaired) electrons. The molecule has 0 unspecified atom stereocenters. The molecule has 5 heteroatoms. The Hall–Kier alpha value is -2.33. The molecule has 23 heavy (non-hydrogen) atoms. The van der Waals surface area contributed by atoms with Crippen molar-refractivity contribution in [3.05, 3.63) is 64.7 Å². The van der Waals surface area contributed by atoms with Gasteiger partial charge in [0, 0.05) is 29.9 Å². The van der Waals surface area contributed by atoms with Crippen LogP contribution in [0.3, 0.4) is 0 Å². The largest absolute Gasteiger partial charge is 0.325 e. The number of hydrogen-bond acceptors (Lipinski definition) is 2.